The van der Waals surface area contributed by atoms with E-state index in [2.05, 4.69) is 0 Å². The normalized spacial score (nSPS) is 11.6. The van der Waals surface area contributed by atoms with Crippen molar-refractivity contribution in [3.05, 3.63) is 29.3 Å². The van der Waals surface area contributed by atoms with Crippen LogP contribution in [0.25, 0.3) is 0 Å². The molecule has 11 heavy (non-hydrogen) atoms. The maximum atomic E-state index is 5.79. The minimum absolute atomic E-state index is 0.527. The molecule has 0 saturated carbocycles. The second-order valence-electron chi connectivity index (χ2n) is 1.98. The lowest BCUT2D eigenvalue weighted by atomic mass is 10.4. The lowest BCUT2D eigenvalue weighted by Gasteiger charge is -2.08. The second-order valence-corrected chi connectivity index (χ2v) is 10.8. The predicted molar refractivity (Wildman–Crippen MR) is 54.4 cm³/mol. The standard InChI is InChI=1S/C6H4Cl4Si/c7-5-3-1-2-4-6(5)11(8,9)10/h1-4H. The van der Waals surface area contributed by atoms with Crippen molar-refractivity contribution < 1.29 is 0 Å². The third-order valence-electron chi connectivity index (χ3n) is 1.18. The summed E-state index contributed by atoms with van der Waals surface area (Å²) in [5.41, 5.74) is 0. The van der Waals surface area contributed by atoms with Gasteiger partial charge in [0.25, 0.3) is 0 Å². The fourth-order valence-electron chi connectivity index (χ4n) is 0.691. The lowest BCUT2D eigenvalue weighted by molar-refractivity contribution is 1.76. The number of hydrogen-bond donors (Lipinski definition) is 0. The van der Waals surface area contributed by atoms with Crippen LogP contribution in [0.3, 0.4) is 0 Å². The topological polar surface area (TPSA) is 0 Å². The molecule has 0 radical (unpaired) electrons. The Bertz CT molecular complexity index is 255. The van der Waals surface area contributed by atoms with Crippen LogP contribution in [-0.4, -0.2) is 6.00 Å². The minimum atomic E-state index is -2.79. The van der Waals surface area contributed by atoms with Gasteiger partial charge in [-0.05, 0) is 6.07 Å². The lowest BCUT2D eigenvalue weighted by Crippen LogP contribution is -2.30. The molecule has 0 heterocycles. The molecule has 0 bridgehead atoms. The van der Waals surface area contributed by atoms with Crippen molar-refractivity contribution in [1.82, 2.24) is 0 Å². The Morgan fingerprint density at radius 1 is 1.00 bits per heavy atom. The van der Waals surface area contributed by atoms with Crippen LogP contribution in [0.2, 0.25) is 5.02 Å². The third-order valence-corrected chi connectivity index (χ3v) is 4.55. The first-order chi connectivity index (χ1) is 5.02. The molecule has 60 valence electrons. The Hall–Kier alpha value is 0.597. The van der Waals surface area contributed by atoms with Crippen molar-refractivity contribution in [2.24, 2.45) is 0 Å². The van der Waals surface area contributed by atoms with Crippen molar-refractivity contribution in [1.29, 1.82) is 0 Å². The van der Waals surface area contributed by atoms with Crippen molar-refractivity contribution in [3.63, 3.8) is 0 Å². The molecule has 0 fully saturated rings. The van der Waals surface area contributed by atoms with Crippen LogP contribution in [-0.2, 0) is 0 Å². The molecule has 0 spiro atoms. The number of rotatable bonds is 1. The zero-order valence-corrected chi connectivity index (χ0v) is 9.34. The summed E-state index contributed by atoms with van der Waals surface area (Å²) >= 11 is 23.0. The predicted octanol–water partition coefficient (Wildman–Crippen LogP) is 3.20. The largest absolute Gasteiger partial charge is 0.374 e. The smallest absolute Gasteiger partial charge is 0.121 e. The maximum absolute atomic E-state index is 5.79. The van der Waals surface area contributed by atoms with Crippen LogP contribution in [0.5, 0.6) is 0 Å². The van der Waals surface area contributed by atoms with Gasteiger partial charge in [0.1, 0.15) is 0 Å². The first-order valence-corrected chi connectivity index (χ1v) is 8.25. The van der Waals surface area contributed by atoms with E-state index < -0.39 is 6.00 Å². The summed E-state index contributed by atoms with van der Waals surface area (Å²) in [7, 11) is 0. The van der Waals surface area contributed by atoms with Gasteiger partial charge in [0.05, 0.1) is 0 Å². The average molecular weight is 246 g/mol. The molecule has 0 aliphatic rings. The van der Waals surface area contributed by atoms with E-state index in [0.717, 1.165) is 0 Å². The summed E-state index contributed by atoms with van der Waals surface area (Å²) in [6, 6.07) is 4.26. The van der Waals surface area contributed by atoms with E-state index in [1.807, 2.05) is 0 Å². The molecule has 0 N–H and O–H groups in total. The molecule has 1 aromatic rings. The van der Waals surface area contributed by atoms with Crippen LogP contribution >= 0.6 is 44.8 Å². The highest BCUT2D eigenvalue weighted by atomic mass is 35.8. The molecule has 1 aromatic carbocycles. The van der Waals surface area contributed by atoms with Crippen molar-refractivity contribution in [2.45, 2.75) is 0 Å². The fraction of sp³-hybridized carbons (Fsp3) is 0. The van der Waals surface area contributed by atoms with Crippen LogP contribution < -0.4 is 5.19 Å². The van der Waals surface area contributed by atoms with Crippen molar-refractivity contribution in [3.8, 4) is 0 Å². The highest BCUT2D eigenvalue weighted by Crippen LogP contribution is 2.22. The molecule has 0 aliphatic carbocycles. The molecule has 0 amide bonds. The Labute approximate surface area is 85.1 Å². The van der Waals surface area contributed by atoms with Crippen LogP contribution in [0.1, 0.15) is 0 Å². The Morgan fingerprint density at radius 3 is 1.91 bits per heavy atom. The SMILES string of the molecule is Clc1ccccc1[Si](Cl)(Cl)Cl. The molecule has 0 nitrogen and oxygen atoms in total. The summed E-state index contributed by atoms with van der Waals surface area (Å²) in [5.74, 6) is 0. The van der Waals surface area contributed by atoms with Crippen molar-refractivity contribution in [2.75, 3.05) is 0 Å². The van der Waals surface area contributed by atoms with E-state index in [1.54, 1.807) is 24.3 Å². The molecular weight excluding hydrogens is 242 g/mol. The van der Waals surface area contributed by atoms with E-state index in [4.69, 9.17) is 44.8 Å². The zero-order chi connectivity index (χ0) is 8.48. The summed E-state index contributed by atoms with van der Waals surface area (Å²) in [4.78, 5) is 0. The summed E-state index contributed by atoms with van der Waals surface area (Å²) in [5, 5.41) is 1.17. The average Bonchev–Trinajstić information content (AvgIpc) is 1.86. The van der Waals surface area contributed by atoms with Gasteiger partial charge in [0.2, 0.25) is 0 Å². The summed E-state index contributed by atoms with van der Waals surface area (Å²) < 4.78 is 0. The molecular formula is C6H4Cl4Si. The van der Waals surface area contributed by atoms with Gasteiger partial charge in [0, 0.05) is 10.2 Å². The molecule has 0 aromatic heterocycles. The monoisotopic (exact) mass is 244 g/mol. The number of hydrogen-bond acceptors (Lipinski definition) is 0. The minimum Gasteiger partial charge on any atom is -0.121 e. The summed E-state index contributed by atoms with van der Waals surface area (Å²) in [6.07, 6.45) is 0. The molecule has 0 aliphatic heterocycles. The first-order valence-electron chi connectivity index (χ1n) is 2.83. The third kappa shape index (κ3) is 2.53. The van der Waals surface area contributed by atoms with Gasteiger partial charge in [-0.25, -0.2) is 0 Å². The van der Waals surface area contributed by atoms with E-state index in [0.29, 0.717) is 10.2 Å². The van der Waals surface area contributed by atoms with Gasteiger partial charge >= 0.3 is 6.00 Å². The quantitative estimate of drug-likeness (QED) is 0.527. The highest BCUT2D eigenvalue weighted by Gasteiger charge is 2.29. The van der Waals surface area contributed by atoms with Gasteiger partial charge in [-0.3, -0.25) is 0 Å². The zero-order valence-electron chi connectivity index (χ0n) is 5.32. The van der Waals surface area contributed by atoms with E-state index in [9.17, 15) is 0 Å². The molecule has 0 atom stereocenters. The molecule has 0 saturated heterocycles. The van der Waals surface area contributed by atoms with Crippen LogP contribution in [0, 0.1) is 0 Å². The van der Waals surface area contributed by atoms with Gasteiger partial charge in [-0.2, -0.15) is 0 Å². The Morgan fingerprint density at radius 2 is 1.55 bits per heavy atom. The summed E-state index contributed by atoms with van der Waals surface area (Å²) in [6.45, 7) is 0. The molecule has 1 rings (SSSR count). The van der Waals surface area contributed by atoms with Crippen LogP contribution in [0.15, 0.2) is 24.3 Å². The second kappa shape index (κ2) is 3.54. The highest BCUT2D eigenvalue weighted by molar-refractivity contribution is 7.69. The van der Waals surface area contributed by atoms with Crippen LogP contribution in [0.4, 0.5) is 0 Å². The number of halogens is 4. The fourth-order valence-corrected chi connectivity index (χ4v) is 3.81. The first kappa shape index (κ1) is 9.68. The molecule has 0 unspecified atom stereocenters. The van der Waals surface area contributed by atoms with Gasteiger partial charge in [-0.15, -0.1) is 33.2 Å². The Kier molecular flexibility index (Phi) is 3.12. The van der Waals surface area contributed by atoms with E-state index in [-0.39, 0.29) is 0 Å². The maximum Gasteiger partial charge on any atom is 0.374 e. The van der Waals surface area contributed by atoms with Gasteiger partial charge < -0.3 is 0 Å². The Balaban J connectivity index is 3.14. The van der Waals surface area contributed by atoms with Crippen molar-refractivity contribution >= 4 is 56.0 Å². The number of benzene rings is 1. The molecule has 5 heteroatoms. The van der Waals surface area contributed by atoms with Gasteiger partial charge in [-0.1, -0.05) is 29.8 Å². The van der Waals surface area contributed by atoms with E-state index >= 15 is 0 Å². The van der Waals surface area contributed by atoms with E-state index in [1.165, 1.54) is 0 Å². The van der Waals surface area contributed by atoms with Gasteiger partial charge in [0.15, 0.2) is 0 Å².